The van der Waals surface area contributed by atoms with Crippen molar-refractivity contribution >= 4 is 45.5 Å². The van der Waals surface area contributed by atoms with Crippen molar-refractivity contribution in [3.63, 3.8) is 0 Å². The third-order valence-corrected chi connectivity index (χ3v) is 4.80. The molecule has 4 nitrogen and oxygen atoms in total. The molecule has 0 fully saturated rings. The first-order valence-corrected chi connectivity index (χ1v) is 8.02. The molecule has 2 aromatic heterocycles. The molecule has 17 heavy (non-hydrogen) atoms. The Hall–Kier alpha value is -0.790. The number of thiazole rings is 1. The molecule has 0 aliphatic carbocycles. The summed E-state index contributed by atoms with van der Waals surface area (Å²) in [6.07, 6.45) is 2.94. The van der Waals surface area contributed by atoms with Crippen LogP contribution in [0.1, 0.15) is 10.7 Å². The zero-order chi connectivity index (χ0) is 12.3. The van der Waals surface area contributed by atoms with E-state index in [2.05, 4.69) is 20.1 Å². The minimum Gasteiger partial charge on any atom is -0.382 e. The van der Waals surface area contributed by atoms with Crippen LogP contribution in [0.2, 0.25) is 0 Å². The lowest BCUT2D eigenvalue weighted by Gasteiger charge is -2.03. The number of nitrogen functional groups attached to an aromatic ring is 1. The van der Waals surface area contributed by atoms with Crippen molar-refractivity contribution in [3.8, 4) is 0 Å². The van der Waals surface area contributed by atoms with Crippen LogP contribution in [0.3, 0.4) is 0 Å². The van der Waals surface area contributed by atoms with Gasteiger partial charge in [0.2, 0.25) is 0 Å². The molecule has 2 heterocycles. The maximum Gasteiger partial charge on any atom is 0.153 e. The molecule has 0 saturated carbocycles. The van der Waals surface area contributed by atoms with Crippen LogP contribution < -0.4 is 11.1 Å². The van der Waals surface area contributed by atoms with Gasteiger partial charge in [0.15, 0.2) is 5.82 Å². The highest BCUT2D eigenvalue weighted by Crippen LogP contribution is 2.34. The van der Waals surface area contributed by atoms with E-state index in [9.17, 15) is 0 Å². The summed E-state index contributed by atoms with van der Waals surface area (Å²) < 4.78 is 4.14. The molecule has 92 valence electrons. The Morgan fingerprint density at radius 2 is 2.35 bits per heavy atom. The Balaban J connectivity index is 1.89. The molecule has 0 unspecified atom stereocenters. The summed E-state index contributed by atoms with van der Waals surface area (Å²) in [5, 5.41) is 7.64. The van der Waals surface area contributed by atoms with Crippen molar-refractivity contribution in [1.29, 1.82) is 0 Å². The second-order valence-electron chi connectivity index (χ2n) is 3.46. The van der Waals surface area contributed by atoms with Crippen LogP contribution in [0.15, 0.2) is 10.3 Å². The van der Waals surface area contributed by atoms with E-state index in [1.165, 1.54) is 11.5 Å². The highest BCUT2D eigenvalue weighted by Gasteiger charge is 2.09. The summed E-state index contributed by atoms with van der Waals surface area (Å²) in [5.74, 6) is 0.620. The number of nitrogens with one attached hydrogen (secondary N) is 1. The summed E-state index contributed by atoms with van der Waals surface area (Å²) in [6, 6.07) is 0. The maximum absolute atomic E-state index is 5.77. The molecule has 0 amide bonds. The van der Waals surface area contributed by atoms with Gasteiger partial charge in [-0.05, 0) is 24.7 Å². The van der Waals surface area contributed by atoms with E-state index < -0.39 is 0 Å². The molecular formula is C10H14N4S3. The van der Waals surface area contributed by atoms with Crippen LogP contribution in [0.25, 0.3) is 0 Å². The van der Waals surface area contributed by atoms with Gasteiger partial charge >= 0.3 is 0 Å². The van der Waals surface area contributed by atoms with E-state index in [0.717, 1.165) is 33.6 Å². The molecule has 0 bridgehead atoms. The lowest BCUT2D eigenvalue weighted by Crippen LogP contribution is -2.04. The van der Waals surface area contributed by atoms with Crippen LogP contribution in [-0.4, -0.2) is 22.2 Å². The predicted octanol–water partition coefficient (Wildman–Crippen LogP) is 2.87. The number of hydrogen-bond donors (Lipinski definition) is 2. The molecule has 0 aromatic carbocycles. The average Bonchev–Trinajstić information content (AvgIpc) is 2.86. The number of thioether (sulfide) groups is 1. The van der Waals surface area contributed by atoms with Crippen LogP contribution in [0.4, 0.5) is 10.8 Å². The minimum atomic E-state index is 0.620. The fourth-order valence-corrected chi connectivity index (χ4v) is 3.65. The topological polar surface area (TPSA) is 63.8 Å². The Morgan fingerprint density at radius 3 is 3.00 bits per heavy atom. The Bertz CT molecular complexity index is 491. The van der Waals surface area contributed by atoms with Crippen molar-refractivity contribution in [2.24, 2.45) is 0 Å². The smallest absolute Gasteiger partial charge is 0.153 e. The predicted molar refractivity (Wildman–Crippen MR) is 77.4 cm³/mol. The van der Waals surface area contributed by atoms with Crippen LogP contribution >= 0.6 is 34.6 Å². The van der Waals surface area contributed by atoms with Crippen molar-refractivity contribution < 1.29 is 0 Å². The number of anilines is 2. The van der Waals surface area contributed by atoms with Gasteiger partial charge in [0.05, 0.1) is 15.6 Å². The second-order valence-corrected chi connectivity index (χ2v) is 6.12. The van der Waals surface area contributed by atoms with E-state index in [1.54, 1.807) is 23.1 Å². The summed E-state index contributed by atoms with van der Waals surface area (Å²) >= 11 is 4.73. The fourth-order valence-electron chi connectivity index (χ4n) is 1.43. The van der Waals surface area contributed by atoms with Crippen LogP contribution in [0.5, 0.6) is 0 Å². The van der Waals surface area contributed by atoms with E-state index in [0.29, 0.717) is 5.82 Å². The molecule has 0 aliphatic rings. The molecular weight excluding hydrogens is 272 g/mol. The molecule has 0 aliphatic heterocycles. The highest BCUT2D eigenvalue weighted by molar-refractivity contribution is 7.99. The fraction of sp³-hybridized carbons (Fsp3) is 0.400. The SMILES string of the molecule is CSc1c(N)nsc1NCCc1csc(C)n1. The van der Waals surface area contributed by atoms with Crippen molar-refractivity contribution in [2.75, 3.05) is 23.9 Å². The van der Waals surface area contributed by atoms with Gasteiger partial charge in [-0.15, -0.1) is 23.1 Å². The molecule has 0 radical (unpaired) electrons. The summed E-state index contributed by atoms with van der Waals surface area (Å²) in [6.45, 7) is 2.88. The van der Waals surface area contributed by atoms with Gasteiger partial charge in [-0.1, -0.05) is 0 Å². The monoisotopic (exact) mass is 286 g/mol. The summed E-state index contributed by atoms with van der Waals surface area (Å²) in [5.41, 5.74) is 6.91. The first kappa shape index (κ1) is 12.7. The lowest BCUT2D eigenvalue weighted by molar-refractivity contribution is 0.969. The summed E-state index contributed by atoms with van der Waals surface area (Å²) in [4.78, 5) is 5.47. The molecule has 0 saturated heterocycles. The number of rotatable bonds is 5. The quantitative estimate of drug-likeness (QED) is 0.828. The average molecular weight is 286 g/mol. The van der Waals surface area contributed by atoms with Gasteiger partial charge in [-0.3, -0.25) is 0 Å². The Morgan fingerprint density at radius 1 is 1.53 bits per heavy atom. The molecule has 7 heteroatoms. The molecule has 0 spiro atoms. The number of nitrogens with two attached hydrogens (primary N) is 1. The third-order valence-electron chi connectivity index (χ3n) is 2.21. The van der Waals surface area contributed by atoms with Crippen LogP contribution in [-0.2, 0) is 6.42 Å². The van der Waals surface area contributed by atoms with Crippen molar-refractivity contribution in [1.82, 2.24) is 9.36 Å². The molecule has 0 atom stereocenters. The second kappa shape index (κ2) is 5.70. The standard InChI is InChI=1S/C10H14N4S3/c1-6-13-7(5-16-6)3-4-12-10-8(15-2)9(11)14-17-10/h5,12H,3-4H2,1-2H3,(H2,11,14). The molecule has 2 rings (SSSR count). The van der Waals surface area contributed by atoms with Crippen molar-refractivity contribution in [3.05, 3.63) is 16.1 Å². The largest absolute Gasteiger partial charge is 0.382 e. The minimum absolute atomic E-state index is 0.620. The van der Waals surface area contributed by atoms with Crippen LogP contribution in [0, 0.1) is 6.92 Å². The first-order valence-electron chi connectivity index (χ1n) is 5.14. The maximum atomic E-state index is 5.77. The van der Waals surface area contributed by atoms with E-state index in [1.807, 2.05) is 13.2 Å². The number of aromatic nitrogens is 2. The first-order chi connectivity index (χ1) is 8.20. The zero-order valence-electron chi connectivity index (χ0n) is 9.69. The van der Waals surface area contributed by atoms with Crippen molar-refractivity contribution in [2.45, 2.75) is 18.2 Å². The summed E-state index contributed by atoms with van der Waals surface area (Å²) in [7, 11) is 0. The normalized spacial score (nSPS) is 10.7. The zero-order valence-corrected chi connectivity index (χ0v) is 12.1. The van der Waals surface area contributed by atoms with Gasteiger partial charge in [0.25, 0.3) is 0 Å². The Kier molecular flexibility index (Phi) is 4.25. The van der Waals surface area contributed by atoms with Gasteiger partial charge in [0, 0.05) is 18.3 Å². The Labute approximate surface area is 113 Å². The number of hydrogen-bond acceptors (Lipinski definition) is 7. The highest BCUT2D eigenvalue weighted by atomic mass is 32.2. The lowest BCUT2D eigenvalue weighted by atomic mass is 10.3. The molecule has 2 aromatic rings. The van der Waals surface area contributed by atoms with E-state index in [-0.39, 0.29) is 0 Å². The van der Waals surface area contributed by atoms with E-state index in [4.69, 9.17) is 5.73 Å². The van der Waals surface area contributed by atoms with Gasteiger partial charge in [-0.2, -0.15) is 4.37 Å². The number of nitrogens with zero attached hydrogens (tertiary/aromatic N) is 2. The molecule has 3 N–H and O–H groups in total. The third kappa shape index (κ3) is 3.11. The van der Waals surface area contributed by atoms with Gasteiger partial charge in [-0.25, -0.2) is 4.98 Å². The number of aryl methyl sites for hydroxylation is 1. The van der Waals surface area contributed by atoms with E-state index >= 15 is 0 Å². The van der Waals surface area contributed by atoms with Gasteiger partial charge in [0.1, 0.15) is 5.00 Å². The van der Waals surface area contributed by atoms with Gasteiger partial charge < -0.3 is 11.1 Å².